The summed E-state index contributed by atoms with van der Waals surface area (Å²) < 4.78 is 5.30. The van der Waals surface area contributed by atoms with Crippen molar-refractivity contribution in [2.45, 2.75) is 32.2 Å². The number of anilines is 1. The van der Waals surface area contributed by atoms with Crippen molar-refractivity contribution < 1.29 is 9.53 Å². The fraction of sp³-hybridized carbons (Fsp3) is 0.462. The number of aryl methyl sites for hydroxylation is 1. The maximum absolute atomic E-state index is 11.2. The normalized spacial score (nSPS) is 14.9. The number of benzene rings is 1. The second-order valence-electron chi connectivity index (χ2n) is 5.16. The highest BCUT2D eigenvalue weighted by molar-refractivity contribution is 5.95. The highest BCUT2D eigenvalue weighted by Crippen LogP contribution is 2.29. The number of carbonyl (C=O) groups is 1. The number of hydrogen-bond acceptors (Lipinski definition) is 3. The summed E-state index contributed by atoms with van der Waals surface area (Å²) in [6.07, 6.45) is 1.80. The van der Waals surface area contributed by atoms with Crippen molar-refractivity contribution in [1.82, 2.24) is 0 Å². The summed E-state index contributed by atoms with van der Waals surface area (Å²) in [5.74, 6) is 0.633. The fourth-order valence-electron chi connectivity index (χ4n) is 1.75. The molecule has 0 saturated carbocycles. The van der Waals surface area contributed by atoms with Crippen molar-refractivity contribution in [2.24, 2.45) is 5.73 Å². The lowest BCUT2D eigenvalue weighted by Crippen LogP contribution is -2.32. The number of ether oxygens (including phenoxy) is 1. The van der Waals surface area contributed by atoms with Crippen LogP contribution in [0.4, 0.5) is 5.69 Å². The molecule has 2 rings (SSSR count). The van der Waals surface area contributed by atoms with Gasteiger partial charge in [0.1, 0.15) is 5.75 Å². The third-order valence-corrected chi connectivity index (χ3v) is 2.73. The largest absolute Gasteiger partial charge is 0.482 e. The first-order valence-electron chi connectivity index (χ1n) is 5.78. The predicted octanol–water partition coefficient (Wildman–Crippen LogP) is 1.69. The van der Waals surface area contributed by atoms with Gasteiger partial charge in [-0.25, -0.2) is 0 Å². The van der Waals surface area contributed by atoms with Crippen LogP contribution in [0.25, 0.3) is 0 Å². The molecule has 0 bridgehead atoms. The first-order valence-corrected chi connectivity index (χ1v) is 5.78. The van der Waals surface area contributed by atoms with Crippen molar-refractivity contribution in [3.8, 4) is 5.75 Å². The maximum Gasteiger partial charge on any atom is 0.262 e. The molecule has 1 aliphatic heterocycles. The van der Waals surface area contributed by atoms with Gasteiger partial charge in [0.05, 0.1) is 5.69 Å². The average molecular weight is 234 g/mol. The molecule has 1 heterocycles. The number of hydrogen-bond donors (Lipinski definition) is 2. The van der Waals surface area contributed by atoms with E-state index in [9.17, 15) is 4.79 Å². The second-order valence-corrected chi connectivity index (χ2v) is 5.16. The van der Waals surface area contributed by atoms with Gasteiger partial charge in [-0.05, 0) is 44.4 Å². The monoisotopic (exact) mass is 234 g/mol. The molecule has 1 aliphatic rings. The van der Waals surface area contributed by atoms with E-state index in [4.69, 9.17) is 10.5 Å². The Bertz CT molecular complexity index is 436. The van der Waals surface area contributed by atoms with Crippen LogP contribution in [0.15, 0.2) is 18.2 Å². The Morgan fingerprint density at radius 2 is 2.24 bits per heavy atom. The van der Waals surface area contributed by atoms with Crippen LogP contribution < -0.4 is 15.8 Å². The number of nitrogens with one attached hydrogen (secondary N) is 1. The lowest BCUT2D eigenvalue weighted by atomic mass is 9.96. The van der Waals surface area contributed by atoms with Crippen LogP contribution in [0.2, 0.25) is 0 Å². The molecular formula is C13H18N2O2. The van der Waals surface area contributed by atoms with Crippen LogP contribution in [0.5, 0.6) is 5.75 Å². The molecule has 0 unspecified atom stereocenters. The molecule has 0 radical (unpaired) electrons. The van der Waals surface area contributed by atoms with Gasteiger partial charge in [-0.15, -0.1) is 0 Å². The Balaban J connectivity index is 2.10. The molecule has 1 aromatic rings. The molecule has 0 saturated heterocycles. The molecule has 1 amide bonds. The predicted molar refractivity (Wildman–Crippen MR) is 67.2 cm³/mol. The zero-order chi connectivity index (χ0) is 12.5. The third-order valence-electron chi connectivity index (χ3n) is 2.73. The summed E-state index contributed by atoms with van der Waals surface area (Å²) in [7, 11) is 0. The molecule has 0 atom stereocenters. The van der Waals surface area contributed by atoms with Crippen LogP contribution in [0.3, 0.4) is 0 Å². The van der Waals surface area contributed by atoms with E-state index in [1.807, 2.05) is 32.0 Å². The molecule has 0 fully saturated rings. The van der Waals surface area contributed by atoms with Crippen LogP contribution in [0.1, 0.15) is 25.8 Å². The number of amides is 1. The van der Waals surface area contributed by atoms with E-state index < -0.39 is 0 Å². The van der Waals surface area contributed by atoms with Gasteiger partial charge < -0.3 is 15.8 Å². The Morgan fingerprint density at radius 1 is 1.47 bits per heavy atom. The van der Waals surface area contributed by atoms with Crippen LogP contribution in [-0.4, -0.2) is 18.1 Å². The van der Waals surface area contributed by atoms with E-state index in [1.165, 1.54) is 0 Å². The minimum Gasteiger partial charge on any atom is -0.482 e. The average Bonchev–Trinajstić information content (AvgIpc) is 2.24. The molecule has 17 heavy (non-hydrogen) atoms. The minimum absolute atomic E-state index is 0.0994. The molecule has 92 valence electrons. The van der Waals surface area contributed by atoms with Gasteiger partial charge in [0, 0.05) is 5.54 Å². The molecule has 0 spiro atoms. The smallest absolute Gasteiger partial charge is 0.262 e. The second kappa shape index (κ2) is 4.37. The minimum atomic E-state index is -0.171. The molecular weight excluding hydrogens is 216 g/mol. The van der Waals surface area contributed by atoms with Gasteiger partial charge in [0.25, 0.3) is 5.91 Å². The van der Waals surface area contributed by atoms with Crippen molar-refractivity contribution in [2.75, 3.05) is 11.9 Å². The quantitative estimate of drug-likeness (QED) is 0.836. The number of carbonyl (C=O) groups excluding carboxylic acids is 1. The Hall–Kier alpha value is -1.55. The Kier molecular flexibility index (Phi) is 3.07. The summed E-state index contributed by atoms with van der Waals surface area (Å²) in [4.78, 5) is 11.2. The van der Waals surface area contributed by atoms with Crippen LogP contribution in [-0.2, 0) is 11.2 Å². The summed E-state index contributed by atoms with van der Waals surface area (Å²) in [6.45, 7) is 4.12. The van der Waals surface area contributed by atoms with Crippen molar-refractivity contribution in [3.05, 3.63) is 23.8 Å². The lowest BCUT2D eigenvalue weighted by molar-refractivity contribution is -0.118. The first-order chi connectivity index (χ1) is 7.94. The molecule has 4 heteroatoms. The topological polar surface area (TPSA) is 64.3 Å². The number of nitrogens with two attached hydrogens (primary N) is 1. The van der Waals surface area contributed by atoms with E-state index in [1.54, 1.807) is 0 Å². The Labute approximate surface area is 101 Å². The molecule has 1 aromatic carbocycles. The van der Waals surface area contributed by atoms with Crippen molar-refractivity contribution in [3.63, 3.8) is 0 Å². The zero-order valence-corrected chi connectivity index (χ0v) is 10.2. The van der Waals surface area contributed by atoms with Crippen molar-refractivity contribution >= 4 is 11.6 Å². The SMILES string of the molecule is CC(C)(N)CCc1ccc2c(c1)NC(=O)CO2. The van der Waals surface area contributed by atoms with Gasteiger partial charge in [0.2, 0.25) is 0 Å². The zero-order valence-electron chi connectivity index (χ0n) is 10.2. The highest BCUT2D eigenvalue weighted by atomic mass is 16.5. The number of fused-ring (bicyclic) bond motifs is 1. The summed E-state index contributed by atoms with van der Waals surface area (Å²) >= 11 is 0. The van der Waals surface area contributed by atoms with Gasteiger partial charge in [-0.2, -0.15) is 0 Å². The molecule has 0 aliphatic carbocycles. The van der Waals surface area contributed by atoms with Crippen molar-refractivity contribution in [1.29, 1.82) is 0 Å². The molecule has 0 aromatic heterocycles. The van der Waals surface area contributed by atoms with Gasteiger partial charge >= 0.3 is 0 Å². The summed E-state index contributed by atoms with van der Waals surface area (Å²) in [5.41, 5.74) is 7.70. The standard InChI is InChI=1S/C13H18N2O2/c1-13(2,14)6-5-9-3-4-11-10(7-9)15-12(16)8-17-11/h3-4,7H,5-6,8,14H2,1-2H3,(H,15,16). The Morgan fingerprint density at radius 3 is 2.94 bits per heavy atom. The van der Waals surface area contributed by atoms with Gasteiger partial charge in [-0.3, -0.25) is 4.79 Å². The number of rotatable bonds is 3. The molecule has 4 nitrogen and oxygen atoms in total. The van der Waals surface area contributed by atoms with E-state index >= 15 is 0 Å². The maximum atomic E-state index is 11.2. The highest BCUT2D eigenvalue weighted by Gasteiger charge is 2.16. The lowest BCUT2D eigenvalue weighted by Gasteiger charge is -2.20. The summed E-state index contributed by atoms with van der Waals surface area (Å²) in [5, 5.41) is 2.80. The van der Waals surface area contributed by atoms with Gasteiger partial charge in [0.15, 0.2) is 6.61 Å². The van der Waals surface area contributed by atoms with Gasteiger partial charge in [-0.1, -0.05) is 6.07 Å². The van der Waals surface area contributed by atoms with E-state index in [0.29, 0.717) is 0 Å². The summed E-state index contributed by atoms with van der Waals surface area (Å²) in [6, 6.07) is 5.87. The third kappa shape index (κ3) is 3.20. The first kappa shape index (κ1) is 11.9. The van der Waals surface area contributed by atoms with E-state index in [2.05, 4.69) is 5.32 Å². The van der Waals surface area contributed by atoms with E-state index in [-0.39, 0.29) is 18.1 Å². The fourth-order valence-corrected chi connectivity index (χ4v) is 1.75. The van der Waals surface area contributed by atoms with E-state index in [0.717, 1.165) is 29.8 Å². The van der Waals surface area contributed by atoms with Crippen LogP contribution >= 0.6 is 0 Å². The molecule has 3 N–H and O–H groups in total. The van der Waals surface area contributed by atoms with Crippen LogP contribution in [0, 0.1) is 0 Å².